The molecule has 0 fully saturated rings. The number of amides is 2. The lowest BCUT2D eigenvalue weighted by atomic mass is 9.85. The number of hydroxylamine groups is 1. The zero-order valence-corrected chi connectivity index (χ0v) is 17.6. The summed E-state index contributed by atoms with van der Waals surface area (Å²) in [7, 11) is 0. The molecule has 0 saturated carbocycles. The minimum atomic E-state index is -0.595. The third-order valence-corrected chi connectivity index (χ3v) is 4.56. The van der Waals surface area contributed by atoms with Crippen molar-refractivity contribution in [3.8, 4) is 11.4 Å². The maximum atomic E-state index is 13.0. The van der Waals surface area contributed by atoms with Gasteiger partial charge >= 0.3 is 0 Å². The molecule has 0 saturated heterocycles. The van der Waals surface area contributed by atoms with E-state index >= 15 is 0 Å². The number of carbonyl (C=O) groups excluding carboxylic acids is 2. The number of hydrogen-bond acceptors (Lipinski definition) is 6. The molecule has 0 aliphatic heterocycles. The zero-order chi connectivity index (χ0) is 21.6. The van der Waals surface area contributed by atoms with Gasteiger partial charge in [0.2, 0.25) is 23.5 Å². The minimum absolute atomic E-state index is 0.101. The van der Waals surface area contributed by atoms with Crippen LogP contribution in [0.4, 0.5) is 0 Å². The quantitative estimate of drug-likeness (QED) is 0.459. The summed E-state index contributed by atoms with van der Waals surface area (Å²) < 4.78 is 5.48. The van der Waals surface area contributed by atoms with Crippen molar-refractivity contribution in [2.24, 2.45) is 17.3 Å². The standard InChI is InChI=1S/C21H30N4O4/c1-13(2)11-15(12-16(26)24-28)19(27)22-17(21(3,4)5)20-23-18(25-29-20)14-9-7-6-8-10-14/h6-10,13,15,17,28H,11-12H2,1-5H3,(H,22,27)(H,24,26)/t15-,17+/m0/s1. The molecule has 0 radical (unpaired) electrons. The van der Waals surface area contributed by atoms with Crippen LogP contribution in [0.25, 0.3) is 11.4 Å². The maximum absolute atomic E-state index is 13.0. The highest BCUT2D eigenvalue weighted by Gasteiger charge is 2.35. The van der Waals surface area contributed by atoms with Crippen LogP contribution in [0.3, 0.4) is 0 Å². The van der Waals surface area contributed by atoms with E-state index in [-0.39, 0.29) is 18.2 Å². The molecule has 1 aromatic heterocycles. The van der Waals surface area contributed by atoms with Crippen molar-refractivity contribution in [3.05, 3.63) is 36.2 Å². The number of aromatic nitrogens is 2. The number of carbonyl (C=O) groups is 2. The van der Waals surface area contributed by atoms with Gasteiger partial charge in [-0.3, -0.25) is 14.8 Å². The van der Waals surface area contributed by atoms with Crippen molar-refractivity contribution in [1.82, 2.24) is 20.9 Å². The summed E-state index contributed by atoms with van der Waals surface area (Å²) in [4.78, 5) is 29.1. The van der Waals surface area contributed by atoms with Gasteiger partial charge in [0, 0.05) is 17.9 Å². The van der Waals surface area contributed by atoms with Crippen LogP contribution in [0.5, 0.6) is 0 Å². The maximum Gasteiger partial charge on any atom is 0.250 e. The van der Waals surface area contributed by atoms with E-state index in [9.17, 15) is 9.59 Å². The van der Waals surface area contributed by atoms with Crippen molar-refractivity contribution in [3.63, 3.8) is 0 Å². The first-order chi connectivity index (χ1) is 13.6. The molecule has 2 atom stereocenters. The largest absolute Gasteiger partial charge is 0.344 e. The molecule has 0 aliphatic carbocycles. The van der Waals surface area contributed by atoms with Crippen LogP contribution in [0, 0.1) is 17.3 Å². The molecule has 2 aromatic rings. The van der Waals surface area contributed by atoms with Gasteiger partial charge in [-0.25, -0.2) is 5.48 Å². The summed E-state index contributed by atoms with van der Waals surface area (Å²) >= 11 is 0. The normalized spacial score (nSPS) is 13.8. The summed E-state index contributed by atoms with van der Waals surface area (Å²) in [5.74, 6) is -0.507. The molecular formula is C21H30N4O4. The summed E-state index contributed by atoms with van der Waals surface area (Å²) in [6.07, 6.45) is 0.408. The lowest BCUT2D eigenvalue weighted by molar-refractivity contribution is -0.136. The van der Waals surface area contributed by atoms with Gasteiger partial charge in [0.1, 0.15) is 6.04 Å². The molecule has 29 heavy (non-hydrogen) atoms. The molecular weight excluding hydrogens is 372 g/mol. The first-order valence-electron chi connectivity index (χ1n) is 9.74. The number of rotatable bonds is 8. The van der Waals surface area contributed by atoms with Gasteiger partial charge in [0.05, 0.1) is 0 Å². The van der Waals surface area contributed by atoms with Crippen LogP contribution < -0.4 is 10.8 Å². The van der Waals surface area contributed by atoms with Crippen molar-refractivity contribution in [1.29, 1.82) is 0 Å². The predicted molar refractivity (Wildman–Crippen MR) is 108 cm³/mol. The Kier molecular flexibility index (Phi) is 7.50. The molecule has 0 aliphatic rings. The second-order valence-electron chi connectivity index (χ2n) is 8.70. The van der Waals surface area contributed by atoms with Gasteiger partial charge in [0.25, 0.3) is 0 Å². The lowest BCUT2D eigenvalue weighted by Gasteiger charge is -2.30. The van der Waals surface area contributed by atoms with Crippen molar-refractivity contribution >= 4 is 11.8 Å². The average molecular weight is 402 g/mol. The Hall–Kier alpha value is -2.74. The highest BCUT2D eigenvalue weighted by molar-refractivity contribution is 5.85. The van der Waals surface area contributed by atoms with Crippen molar-refractivity contribution in [2.45, 2.75) is 53.5 Å². The topological polar surface area (TPSA) is 117 Å². The predicted octanol–water partition coefficient (Wildman–Crippen LogP) is 3.50. The molecule has 0 bridgehead atoms. The number of nitrogens with zero attached hydrogens (tertiary/aromatic N) is 2. The molecule has 158 valence electrons. The van der Waals surface area contributed by atoms with Gasteiger partial charge in [-0.1, -0.05) is 70.1 Å². The van der Waals surface area contributed by atoms with Crippen molar-refractivity contribution < 1.29 is 19.3 Å². The Morgan fingerprint density at radius 3 is 2.38 bits per heavy atom. The smallest absolute Gasteiger partial charge is 0.250 e. The van der Waals surface area contributed by atoms with Gasteiger partial charge in [-0.15, -0.1) is 0 Å². The fourth-order valence-corrected chi connectivity index (χ4v) is 3.09. The van der Waals surface area contributed by atoms with Gasteiger partial charge in [-0.2, -0.15) is 4.98 Å². The fourth-order valence-electron chi connectivity index (χ4n) is 3.09. The van der Waals surface area contributed by atoms with Crippen LogP contribution in [-0.2, 0) is 9.59 Å². The van der Waals surface area contributed by atoms with Gasteiger partial charge < -0.3 is 9.84 Å². The molecule has 8 nitrogen and oxygen atoms in total. The number of benzene rings is 1. The molecule has 1 aromatic carbocycles. The van der Waals surface area contributed by atoms with E-state index in [1.165, 1.54) is 0 Å². The van der Waals surface area contributed by atoms with E-state index in [1.54, 1.807) is 5.48 Å². The van der Waals surface area contributed by atoms with Crippen LogP contribution >= 0.6 is 0 Å². The van der Waals surface area contributed by atoms with Crippen LogP contribution in [0.1, 0.15) is 59.4 Å². The molecule has 2 rings (SSSR count). The van der Waals surface area contributed by atoms with Crippen LogP contribution in [0.2, 0.25) is 0 Å². The summed E-state index contributed by atoms with van der Waals surface area (Å²) in [6, 6.07) is 8.90. The molecule has 2 amide bonds. The lowest BCUT2D eigenvalue weighted by Crippen LogP contribution is -2.41. The second-order valence-corrected chi connectivity index (χ2v) is 8.70. The summed E-state index contributed by atoms with van der Waals surface area (Å²) in [5.41, 5.74) is 2.01. The van der Waals surface area contributed by atoms with E-state index in [0.717, 1.165) is 5.56 Å². The fraction of sp³-hybridized carbons (Fsp3) is 0.524. The second kappa shape index (κ2) is 9.65. The molecule has 0 unspecified atom stereocenters. The Labute approximate surface area is 171 Å². The van der Waals surface area contributed by atoms with E-state index in [1.807, 2.05) is 65.0 Å². The first-order valence-corrected chi connectivity index (χ1v) is 9.74. The zero-order valence-electron chi connectivity index (χ0n) is 17.6. The summed E-state index contributed by atoms with van der Waals surface area (Å²) in [6.45, 7) is 9.83. The average Bonchev–Trinajstić information content (AvgIpc) is 3.14. The Balaban J connectivity index is 2.25. The van der Waals surface area contributed by atoms with Crippen LogP contribution in [0.15, 0.2) is 34.9 Å². The molecule has 3 N–H and O–H groups in total. The Bertz CT molecular complexity index is 812. The number of hydrogen-bond donors (Lipinski definition) is 3. The highest BCUT2D eigenvalue weighted by atomic mass is 16.5. The molecule has 0 spiro atoms. The minimum Gasteiger partial charge on any atom is -0.344 e. The van der Waals surface area contributed by atoms with Gasteiger partial charge in [0.15, 0.2) is 0 Å². The molecule has 1 heterocycles. The molecule has 8 heteroatoms. The first kappa shape index (κ1) is 22.5. The Morgan fingerprint density at radius 2 is 1.83 bits per heavy atom. The number of nitrogens with one attached hydrogen (secondary N) is 2. The van der Waals surface area contributed by atoms with E-state index in [2.05, 4.69) is 15.5 Å². The summed E-state index contributed by atoms with van der Waals surface area (Å²) in [5, 5.41) is 15.9. The highest BCUT2D eigenvalue weighted by Crippen LogP contribution is 2.33. The van der Waals surface area contributed by atoms with Crippen molar-refractivity contribution in [2.75, 3.05) is 0 Å². The Morgan fingerprint density at radius 1 is 1.17 bits per heavy atom. The van der Waals surface area contributed by atoms with E-state index in [0.29, 0.717) is 18.1 Å². The van der Waals surface area contributed by atoms with Crippen LogP contribution in [-0.4, -0.2) is 27.2 Å². The van der Waals surface area contributed by atoms with E-state index < -0.39 is 23.3 Å². The van der Waals surface area contributed by atoms with E-state index in [4.69, 9.17) is 9.73 Å². The van der Waals surface area contributed by atoms with Gasteiger partial charge in [-0.05, 0) is 17.8 Å². The third kappa shape index (κ3) is 6.39. The third-order valence-electron chi connectivity index (χ3n) is 4.56. The monoisotopic (exact) mass is 402 g/mol. The SMILES string of the molecule is CC(C)C[C@@H](CC(=O)NO)C(=O)N[C@H](c1nc(-c2ccccc2)no1)C(C)(C)C.